The molecule has 0 amide bonds. The van der Waals surface area contributed by atoms with E-state index in [1.165, 1.54) is 34.6 Å². The number of rotatable bonds is 5. The smallest absolute Gasteiger partial charge is 0.243 e. The molecule has 0 N–H and O–H groups in total. The standard InChI is InChI=1S/C21H21Cl2NO3S/c1-15-11-13-24(14-12-15)28(26,27)18-8-5-16(6-9-18)20(25)10-7-17-3-2-4-19(22)21(17)23/h2-10,15H,11-14H2,1H3. The number of halogens is 2. The average Bonchev–Trinajstić information content (AvgIpc) is 2.69. The minimum absolute atomic E-state index is 0.209. The molecule has 0 atom stereocenters. The van der Waals surface area contributed by atoms with Crippen LogP contribution in [0, 0.1) is 5.92 Å². The predicted molar refractivity (Wildman–Crippen MR) is 113 cm³/mol. The second-order valence-corrected chi connectivity index (χ2v) is 9.67. The van der Waals surface area contributed by atoms with Crippen molar-refractivity contribution in [2.45, 2.75) is 24.7 Å². The van der Waals surface area contributed by atoms with Gasteiger partial charge in [-0.3, -0.25) is 4.79 Å². The molecule has 1 heterocycles. The Kier molecular flexibility index (Phi) is 6.61. The molecule has 2 aromatic carbocycles. The maximum Gasteiger partial charge on any atom is 0.243 e. The average molecular weight is 438 g/mol. The van der Waals surface area contributed by atoms with Gasteiger partial charge in [0.1, 0.15) is 0 Å². The van der Waals surface area contributed by atoms with Gasteiger partial charge in [0.05, 0.1) is 14.9 Å². The summed E-state index contributed by atoms with van der Waals surface area (Å²) < 4.78 is 27.0. The van der Waals surface area contributed by atoms with Gasteiger partial charge in [-0.1, -0.05) is 42.3 Å². The van der Waals surface area contributed by atoms with E-state index in [-0.39, 0.29) is 10.7 Å². The quantitative estimate of drug-likeness (QED) is 0.470. The maximum atomic E-state index is 12.8. The molecule has 2 aromatic rings. The lowest BCUT2D eigenvalue weighted by Gasteiger charge is -2.29. The minimum Gasteiger partial charge on any atom is -0.289 e. The summed E-state index contributed by atoms with van der Waals surface area (Å²) in [5.41, 5.74) is 1.04. The molecule has 1 aliphatic rings. The Labute approximate surface area is 175 Å². The van der Waals surface area contributed by atoms with E-state index in [9.17, 15) is 13.2 Å². The minimum atomic E-state index is -3.52. The van der Waals surface area contributed by atoms with Crippen LogP contribution in [0.5, 0.6) is 0 Å². The molecule has 4 nitrogen and oxygen atoms in total. The third-order valence-electron chi connectivity index (χ3n) is 4.91. The van der Waals surface area contributed by atoms with Crippen LogP contribution in [0.1, 0.15) is 35.7 Å². The number of sulfonamides is 1. The van der Waals surface area contributed by atoms with Crippen LogP contribution >= 0.6 is 23.2 Å². The molecule has 0 aliphatic carbocycles. The molecule has 0 radical (unpaired) electrons. The summed E-state index contributed by atoms with van der Waals surface area (Å²) in [5, 5.41) is 0.795. The molecule has 1 fully saturated rings. The lowest BCUT2D eigenvalue weighted by atomic mass is 10.0. The van der Waals surface area contributed by atoms with Crippen molar-refractivity contribution in [2.75, 3.05) is 13.1 Å². The molecular formula is C21H21Cl2NO3S. The van der Waals surface area contributed by atoms with E-state index < -0.39 is 10.0 Å². The summed E-state index contributed by atoms with van der Waals surface area (Å²) in [5.74, 6) is 0.304. The Morgan fingerprint density at radius 1 is 1.07 bits per heavy atom. The molecule has 0 saturated carbocycles. The zero-order chi connectivity index (χ0) is 20.3. The van der Waals surface area contributed by atoms with Gasteiger partial charge in [-0.05, 0) is 66.8 Å². The van der Waals surface area contributed by atoms with Crippen LogP contribution in [0.3, 0.4) is 0 Å². The number of benzene rings is 2. The van der Waals surface area contributed by atoms with Crippen molar-refractivity contribution in [2.24, 2.45) is 5.92 Å². The van der Waals surface area contributed by atoms with Crippen molar-refractivity contribution < 1.29 is 13.2 Å². The first-order valence-electron chi connectivity index (χ1n) is 9.05. The molecule has 0 unspecified atom stereocenters. The van der Waals surface area contributed by atoms with Crippen molar-refractivity contribution >= 4 is 45.1 Å². The largest absolute Gasteiger partial charge is 0.289 e. The van der Waals surface area contributed by atoms with Crippen LogP contribution in [0.15, 0.2) is 53.4 Å². The Bertz CT molecular complexity index is 993. The highest BCUT2D eigenvalue weighted by Crippen LogP contribution is 2.27. The van der Waals surface area contributed by atoms with E-state index >= 15 is 0 Å². The van der Waals surface area contributed by atoms with E-state index in [2.05, 4.69) is 6.92 Å². The van der Waals surface area contributed by atoms with Crippen LogP contribution in [0.2, 0.25) is 10.0 Å². The summed E-state index contributed by atoms with van der Waals surface area (Å²) in [4.78, 5) is 12.6. The van der Waals surface area contributed by atoms with Crippen LogP contribution in [0.4, 0.5) is 0 Å². The fourth-order valence-electron chi connectivity index (χ4n) is 3.08. The summed E-state index contributed by atoms with van der Waals surface area (Å²) in [6.45, 7) is 3.20. The van der Waals surface area contributed by atoms with Crippen molar-refractivity contribution in [3.8, 4) is 0 Å². The highest BCUT2D eigenvalue weighted by molar-refractivity contribution is 7.89. The first-order chi connectivity index (χ1) is 13.3. The van der Waals surface area contributed by atoms with Gasteiger partial charge >= 0.3 is 0 Å². The highest BCUT2D eigenvalue weighted by atomic mass is 35.5. The van der Waals surface area contributed by atoms with Crippen molar-refractivity contribution in [1.29, 1.82) is 0 Å². The highest BCUT2D eigenvalue weighted by Gasteiger charge is 2.27. The Morgan fingerprint density at radius 3 is 2.36 bits per heavy atom. The van der Waals surface area contributed by atoms with Crippen molar-refractivity contribution in [3.63, 3.8) is 0 Å². The van der Waals surface area contributed by atoms with Crippen LogP contribution in [0.25, 0.3) is 6.08 Å². The number of carbonyl (C=O) groups excluding carboxylic acids is 1. The van der Waals surface area contributed by atoms with Gasteiger partial charge < -0.3 is 0 Å². The number of hydrogen-bond acceptors (Lipinski definition) is 3. The molecular weight excluding hydrogens is 417 g/mol. The van der Waals surface area contributed by atoms with Gasteiger partial charge in [-0.2, -0.15) is 4.31 Å². The van der Waals surface area contributed by atoms with Gasteiger partial charge in [0, 0.05) is 18.7 Å². The molecule has 3 rings (SSSR count). The zero-order valence-electron chi connectivity index (χ0n) is 15.4. The first kappa shape index (κ1) is 21.1. The second-order valence-electron chi connectivity index (χ2n) is 6.95. The van der Waals surface area contributed by atoms with Crippen molar-refractivity contribution in [1.82, 2.24) is 4.31 Å². The fraction of sp³-hybridized carbons (Fsp3) is 0.286. The summed E-state index contributed by atoms with van der Waals surface area (Å²) >= 11 is 12.1. The fourth-order valence-corrected chi connectivity index (χ4v) is 4.92. The Hall–Kier alpha value is -1.66. The van der Waals surface area contributed by atoms with Gasteiger partial charge in [0.25, 0.3) is 0 Å². The number of ketones is 1. The number of hydrogen-bond donors (Lipinski definition) is 0. The van der Waals surface area contributed by atoms with Crippen LogP contribution in [-0.2, 0) is 10.0 Å². The van der Waals surface area contributed by atoms with Crippen LogP contribution in [-0.4, -0.2) is 31.6 Å². The summed E-state index contributed by atoms with van der Waals surface area (Å²) in [6, 6.07) is 11.2. The van der Waals surface area contributed by atoms with E-state index in [4.69, 9.17) is 23.2 Å². The Balaban J connectivity index is 1.74. The lowest BCUT2D eigenvalue weighted by Crippen LogP contribution is -2.37. The zero-order valence-corrected chi connectivity index (χ0v) is 17.8. The maximum absolute atomic E-state index is 12.8. The monoisotopic (exact) mass is 437 g/mol. The normalized spacial score (nSPS) is 16.5. The van der Waals surface area contributed by atoms with Gasteiger partial charge in [0.2, 0.25) is 10.0 Å². The van der Waals surface area contributed by atoms with E-state index in [1.807, 2.05) is 0 Å². The van der Waals surface area contributed by atoms with E-state index in [0.29, 0.717) is 40.2 Å². The van der Waals surface area contributed by atoms with Gasteiger partial charge in [-0.15, -0.1) is 0 Å². The molecule has 28 heavy (non-hydrogen) atoms. The number of piperidine rings is 1. The van der Waals surface area contributed by atoms with Crippen molar-refractivity contribution in [3.05, 3.63) is 69.7 Å². The van der Waals surface area contributed by atoms with Gasteiger partial charge in [-0.25, -0.2) is 8.42 Å². The third-order valence-corrected chi connectivity index (χ3v) is 7.66. The molecule has 0 spiro atoms. The Morgan fingerprint density at radius 2 is 1.71 bits per heavy atom. The SMILES string of the molecule is CC1CCN(S(=O)(=O)c2ccc(C(=O)C=Cc3cccc(Cl)c3Cl)cc2)CC1. The number of nitrogens with zero attached hydrogens (tertiary/aromatic N) is 1. The number of carbonyl (C=O) groups is 1. The van der Waals surface area contributed by atoms with Crippen LogP contribution < -0.4 is 0 Å². The summed E-state index contributed by atoms with van der Waals surface area (Å²) in [6.07, 6.45) is 4.72. The van der Waals surface area contributed by atoms with Gasteiger partial charge in [0.15, 0.2) is 5.78 Å². The topological polar surface area (TPSA) is 54.5 Å². The molecule has 1 saturated heterocycles. The second kappa shape index (κ2) is 8.78. The van der Waals surface area contributed by atoms with E-state index in [1.54, 1.807) is 24.3 Å². The van der Waals surface area contributed by atoms with E-state index in [0.717, 1.165) is 12.8 Å². The molecule has 148 valence electrons. The molecule has 0 bridgehead atoms. The predicted octanol–water partition coefficient (Wildman–Crippen LogP) is 5.31. The third kappa shape index (κ3) is 4.66. The molecule has 1 aliphatic heterocycles. The summed E-state index contributed by atoms with van der Waals surface area (Å²) in [7, 11) is -3.52. The molecule has 7 heteroatoms. The first-order valence-corrected chi connectivity index (χ1v) is 11.3. The number of allylic oxidation sites excluding steroid dienone is 1. The lowest BCUT2D eigenvalue weighted by molar-refractivity contribution is 0.104. The molecule has 0 aromatic heterocycles.